The van der Waals surface area contributed by atoms with Crippen LogP contribution >= 0.6 is 15.9 Å². The van der Waals surface area contributed by atoms with Gasteiger partial charge in [-0.3, -0.25) is 4.79 Å². The molecule has 0 amide bonds. The first-order valence-corrected chi connectivity index (χ1v) is 4.96. The van der Waals surface area contributed by atoms with Crippen molar-refractivity contribution in [1.82, 2.24) is 4.90 Å². The molecule has 1 aromatic carbocycles. The largest absolute Gasteiger partial charge is 0.507 e. The van der Waals surface area contributed by atoms with E-state index in [2.05, 4.69) is 15.9 Å². The van der Waals surface area contributed by atoms with E-state index < -0.39 is 0 Å². The van der Waals surface area contributed by atoms with Crippen molar-refractivity contribution < 1.29 is 9.90 Å². The molecule has 0 radical (unpaired) electrons. The predicted molar refractivity (Wildman–Crippen MR) is 58.7 cm³/mol. The highest BCUT2D eigenvalue weighted by molar-refractivity contribution is 9.10. The van der Waals surface area contributed by atoms with Gasteiger partial charge in [0.1, 0.15) is 5.75 Å². The molecule has 76 valence electrons. The van der Waals surface area contributed by atoms with Crippen LogP contribution in [0.3, 0.4) is 0 Å². The molecule has 0 aromatic heterocycles. The van der Waals surface area contributed by atoms with Crippen molar-refractivity contribution in [3.63, 3.8) is 0 Å². The van der Waals surface area contributed by atoms with E-state index in [0.29, 0.717) is 12.1 Å². The molecule has 14 heavy (non-hydrogen) atoms. The molecule has 0 heterocycles. The molecule has 0 spiro atoms. The van der Waals surface area contributed by atoms with Gasteiger partial charge in [0.15, 0.2) is 5.78 Å². The molecule has 1 aromatic rings. The van der Waals surface area contributed by atoms with Crippen LogP contribution in [0.25, 0.3) is 0 Å². The number of phenols is 1. The van der Waals surface area contributed by atoms with Crippen molar-refractivity contribution in [2.75, 3.05) is 20.6 Å². The quantitative estimate of drug-likeness (QED) is 0.842. The van der Waals surface area contributed by atoms with Crippen LogP contribution in [0.2, 0.25) is 0 Å². The summed E-state index contributed by atoms with van der Waals surface area (Å²) in [5, 5.41) is 9.46. The highest BCUT2D eigenvalue weighted by Gasteiger charge is 2.11. The van der Waals surface area contributed by atoms with Crippen LogP contribution in [-0.2, 0) is 0 Å². The summed E-state index contributed by atoms with van der Waals surface area (Å²) in [6.45, 7) is 0.296. The normalized spacial score (nSPS) is 10.6. The molecule has 0 bridgehead atoms. The molecule has 0 saturated carbocycles. The molecule has 0 saturated heterocycles. The minimum absolute atomic E-state index is 0.0278. The average molecular weight is 258 g/mol. The Bertz CT molecular complexity index is 350. The average Bonchev–Trinajstić information content (AvgIpc) is 2.08. The van der Waals surface area contributed by atoms with Gasteiger partial charge in [0.2, 0.25) is 0 Å². The first kappa shape index (κ1) is 11.2. The monoisotopic (exact) mass is 257 g/mol. The Morgan fingerprint density at radius 1 is 1.50 bits per heavy atom. The summed E-state index contributed by atoms with van der Waals surface area (Å²) in [7, 11) is 3.62. The van der Waals surface area contributed by atoms with Gasteiger partial charge < -0.3 is 10.0 Å². The Labute approximate surface area is 91.5 Å². The van der Waals surface area contributed by atoms with Gasteiger partial charge in [0, 0.05) is 4.47 Å². The molecule has 1 rings (SSSR count). The number of likely N-dealkylation sites (N-methyl/N-ethyl adjacent to an activating group) is 1. The third-order valence-corrected chi connectivity index (χ3v) is 2.21. The fourth-order valence-electron chi connectivity index (χ4n) is 1.10. The Balaban J connectivity index is 2.94. The highest BCUT2D eigenvalue weighted by atomic mass is 79.9. The number of rotatable bonds is 3. The Morgan fingerprint density at radius 3 is 2.71 bits per heavy atom. The maximum atomic E-state index is 11.6. The first-order valence-electron chi connectivity index (χ1n) is 4.17. The number of aromatic hydroxyl groups is 1. The smallest absolute Gasteiger partial charge is 0.180 e. The van der Waals surface area contributed by atoms with Crippen molar-refractivity contribution in [3.8, 4) is 5.75 Å². The third kappa shape index (κ3) is 2.82. The zero-order valence-electron chi connectivity index (χ0n) is 8.12. The van der Waals surface area contributed by atoms with Gasteiger partial charge >= 0.3 is 0 Å². The fourth-order valence-corrected chi connectivity index (χ4v) is 1.47. The predicted octanol–water partition coefficient (Wildman–Crippen LogP) is 1.90. The van der Waals surface area contributed by atoms with E-state index in [-0.39, 0.29) is 11.5 Å². The van der Waals surface area contributed by atoms with Crippen molar-refractivity contribution in [3.05, 3.63) is 28.2 Å². The molecule has 0 aliphatic heterocycles. The zero-order chi connectivity index (χ0) is 10.7. The number of phenolic OH excluding ortho intramolecular Hbond substituents is 1. The number of benzene rings is 1. The lowest BCUT2D eigenvalue weighted by atomic mass is 10.1. The van der Waals surface area contributed by atoms with E-state index >= 15 is 0 Å². The van der Waals surface area contributed by atoms with Crippen molar-refractivity contribution in [1.29, 1.82) is 0 Å². The molecule has 0 unspecified atom stereocenters. The Morgan fingerprint density at radius 2 is 2.14 bits per heavy atom. The molecular formula is C10H12BrNO2. The lowest BCUT2D eigenvalue weighted by Gasteiger charge is -2.09. The number of ketones is 1. The lowest BCUT2D eigenvalue weighted by molar-refractivity contribution is 0.0955. The lowest BCUT2D eigenvalue weighted by Crippen LogP contribution is -2.21. The van der Waals surface area contributed by atoms with Crippen LogP contribution in [0.4, 0.5) is 0 Å². The molecule has 0 aliphatic carbocycles. The third-order valence-electron chi connectivity index (χ3n) is 1.72. The highest BCUT2D eigenvalue weighted by Crippen LogP contribution is 2.22. The molecule has 3 nitrogen and oxygen atoms in total. The van der Waals surface area contributed by atoms with Gasteiger partial charge in [0.05, 0.1) is 12.1 Å². The van der Waals surface area contributed by atoms with E-state index in [4.69, 9.17) is 0 Å². The minimum Gasteiger partial charge on any atom is -0.507 e. The second-order valence-corrected chi connectivity index (χ2v) is 4.24. The zero-order valence-corrected chi connectivity index (χ0v) is 9.71. The van der Waals surface area contributed by atoms with E-state index in [1.54, 1.807) is 17.0 Å². The Kier molecular flexibility index (Phi) is 3.66. The summed E-state index contributed by atoms with van der Waals surface area (Å²) in [5.41, 5.74) is 0.355. The van der Waals surface area contributed by atoms with Crippen LogP contribution < -0.4 is 0 Å². The molecule has 0 aliphatic rings. The molecule has 4 heteroatoms. The topological polar surface area (TPSA) is 40.5 Å². The summed E-state index contributed by atoms with van der Waals surface area (Å²) in [6, 6.07) is 4.83. The maximum Gasteiger partial charge on any atom is 0.180 e. The summed E-state index contributed by atoms with van der Waals surface area (Å²) in [5.74, 6) is -0.0612. The van der Waals surface area contributed by atoms with Crippen LogP contribution in [0.5, 0.6) is 5.75 Å². The number of halogens is 1. The molecular weight excluding hydrogens is 246 g/mol. The van der Waals surface area contributed by atoms with Crippen LogP contribution in [-0.4, -0.2) is 36.4 Å². The summed E-state index contributed by atoms with van der Waals surface area (Å²) < 4.78 is 0.789. The maximum absolute atomic E-state index is 11.6. The van der Waals surface area contributed by atoms with E-state index in [9.17, 15) is 9.90 Å². The number of Topliss-reactive ketones (excluding diaryl/α,β-unsaturated/α-hetero) is 1. The number of carbonyl (C=O) groups is 1. The van der Waals surface area contributed by atoms with Gasteiger partial charge in [0.25, 0.3) is 0 Å². The van der Waals surface area contributed by atoms with E-state index in [1.807, 2.05) is 14.1 Å². The second-order valence-electron chi connectivity index (χ2n) is 3.32. The first-order chi connectivity index (χ1) is 6.50. The van der Waals surface area contributed by atoms with Gasteiger partial charge in [-0.25, -0.2) is 0 Å². The SMILES string of the molecule is CN(C)CC(=O)c1cc(Br)ccc1O. The number of nitrogens with zero attached hydrogens (tertiary/aromatic N) is 1. The summed E-state index contributed by atoms with van der Waals surface area (Å²) >= 11 is 3.25. The fraction of sp³-hybridized carbons (Fsp3) is 0.300. The van der Waals surface area contributed by atoms with Gasteiger partial charge in [-0.15, -0.1) is 0 Å². The summed E-state index contributed by atoms with van der Waals surface area (Å²) in [4.78, 5) is 13.4. The van der Waals surface area contributed by atoms with Gasteiger partial charge in [-0.1, -0.05) is 15.9 Å². The minimum atomic E-state index is -0.0891. The summed E-state index contributed by atoms with van der Waals surface area (Å²) in [6.07, 6.45) is 0. The van der Waals surface area contributed by atoms with Gasteiger partial charge in [-0.05, 0) is 32.3 Å². The Hall–Kier alpha value is -0.870. The van der Waals surface area contributed by atoms with Crippen molar-refractivity contribution in [2.45, 2.75) is 0 Å². The second kappa shape index (κ2) is 4.57. The molecule has 1 N–H and O–H groups in total. The van der Waals surface area contributed by atoms with Crippen LogP contribution in [0, 0.1) is 0 Å². The van der Waals surface area contributed by atoms with Crippen molar-refractivity contribution >= 4 is 21.7 Å². The van der Waals surface area contributed by atoms with Crippen molar-refractivity contribution in [2.24, 2.45) is 0 Å². The van der Waals surface area contributed by atoms with Gasteiger partial charge in [-0.2, -0.15) is 0 Å². The standard InChI is InChI=1S/C10H12BrNO2/c1-12(2)6-10(14)8-5-7(11)3-4-9(8)13/h3-5,13H,6H2,1-2H3. The number of hydrogen-bond acceptors (Lipinski definition) is 3. The molecule has 0 atom stereocenters. The van der Waals surface area contributed by atoms with Crippen LogP contribution in [0.15, 0.2) is 22.7 Å². The van der Waals surface area contributed by atoms with Crippen LogP contribution in [0.1, 0.15) is 10.4 Å². The number of carbonyl (C=O) groups excluding carboxylic acids is 1. The number of hydrogen-bond donors (Lipinski definition) is 1. The molecule has 0 fully saturated rings. The van der Waals surface area contributed by atoms with E-state index in [1.165, 1.54) is 6.07 Å². The van der Waals surface area contributed by atoms with E-state index in [0.717, 1.165) is 4.47 Å².